The van der Waals surface area contributed by atoms with Gasteiger partial charge in [-0.3, -0.25) is 4.79 Å². The Kier molecular flexibility index (Phi) is 4.86. The summed E-state index contributed by atoms with van der Waals surface area (Å²) in [7, 11) is 4.68. The van der Waals surface area contributed by atoms with E-state index in [0.29, 0.717) is 28.5 Å². The van der Waals surface area contributed by atoms with E-state index in [9.17, 15) is 4.79 Å². The van der Waals surface area contributed by atoms with Crippen molar-refractivity contribution in [2.45, 2.75) is 6.04 Å². The maximum absolute atomic E-state index is 13.4. The summed E-state index contributed by atoms with van der Waals surface area (Å²) in [4.78, 5) is 16.5. The first-order valence-electron chi connectivity index (χ1n) is 10.1. The Bertz CT molecular complexity index is 1280. The number of rotatable bonds is 5. The lowest BCUT2D eigenvalue weighted by atomic mass is 9.94. The fourth-order valence-corrected chi connectivity index (χ4v) is 4.13. The second-order valence-corrected chi connectivity index (χ2v) is 7.37. The lowest BCUT2D eigenvalue weighted by molar-refractivity contribution is 0.0937. The Morgan fingerprint density at radius 1 is 0.875 bits per heavy atom. The van der Waals surface area contributed by atoms with Crippen LogP contribution in [-0.2, 0) is 0 Å². The number of H-pyrrole nitrogens is 1. The first-order chi connectivity index (χ1) is 15.6. The molecule has 4 aromatic rings. The molecule has 1 amide bonds. The van der Waals surface area contributed by atoms with Crippen molar-refractivity contribution in [1.29, 1.82) is 0 Å². The predicted molar refractivity (Wildman–Crippen MR) is 120 cm³/mol. The van der Waals surface area contributed by atoms with Crippen LogP contribution in [0.3, 0.4) is 0 Å². The van der Waals surface area contributed by atoms with Gasteiger partial charge in [0, 0.05) is 22.6 Å². The highest BCUT2D eigenvalue weighted by Crippen LogP contribution is 2.43. The van der Waals surface area contributed by atoms with Gasteiger partial charge in [-0.05, 0) is 18.2 Å². The Labute approximate surface area is 184 Å². The third kappa shape index (κ3) is 3.10. The quantitative estimate of drug-likeness (QED) is 0.474. The molecule has 0 unspecified atom stereocenters. The summed E-state index contributed by atoms with van der Waals surface area (Å²) in [6, 6.07) is 18.5. The Balaban J connectivity index is 1.57. The van der Waals surface area contributed by atoms with Crippen molar-refractivity contribution in [3.05, 3.63) is 77.5 Å². The number of benzene rings is 3. The first kappa shape index (κ1) is 19.8. The van der Waals surface area contributed by atoms with Gasteiger partial charge in [0.15, 0.2) is 11.5 Å². The van der Waals surface area contributed by atoms with E-state index in [0.717, 1.165) is 28.0 Å². The predicted octanol–water partition coefficient (Wildman–Crippen LogP) is 4.82. The topological polar surface area (TPSA) is 81.8 Å². The highest BCUT2D eigenvalue weighted by molar-refractivity contribution is 6.02. The number of fused-ring (bicyclic) bond motifs is 3. The third-order valence-electron chi connectivity index (χ3n) is 5.64. The maximum atomic E-state index is 13.4. The number of amides is 1. The van der Waals surface area contributed by atoms with Gasteiger partial charge in [0.25, 0.3) is 5.91 Å². The van der Waals surface area contributed by atoms with Crippen molar-refractivity contribution in [3.8, 4) is 28.7 Å². The molecule has 1 aliphatic heterocycles. The van der Waals surface area contributed by atoms with E-state index in [2.05, 4.69) is 10.3 Å². The van der Waals surface area contributed by atoms with Gasteiger partial charge in [0.1, 0.15) is 22.9 Å². The molecule has 0 aliphatic carbocycles. The lowest BCUT2D eigenvalue weighted by Crippen LogP contribution is -2.31. The second-order valence-electron chi connectivity index (χ2n) is 7.37. The maximum Gasteiger partial charge on any atom is 0.268 e. The number of ether oxygens (including phenoxy) is 4. The molecule has 0 atom stereocenters. The standard InChI is InChI=1S/C25H22N2O5/c1-29-20-13-21(30-2)24(31-3)23-16(20)12-17(26-23)25(28)27-22-14-8-4-6-10-18(14)32-19-11-7-5-9-15(19)22/h4-13,22,26H,1-3H3,(H,27,28). The average Bonchev–Trinajstić information content (AvgIpc) is 3.28. The van der Waals surface area contributed by atoms with Crippen LogP contribution in [0.1, 0.15) is 27.7 Å². The van der Waals surface area contributed by atoms with Gasteiger partial charge in [-0.2, -0.15) is 0 Å². The summed E-state index contributed by atoms with van der Waals surface area (Å²) < 4.78 is 22.5. The van der Waals surface area contributed by atoms with Gasteiger partial charge >= 0.3 is 0 Å². The van der Waals surface area contributed by atoms with Crippen LogP contribution in [0.5, 0.6) is 28.7 Å². The molecule has 0 saturated heterocycles. The van der Waals surface area contributed by atoms with E-state index in [4.69, 9.17) is 18.9 Å². The van der Waals surface area contributed by atoms with Gasteiger partial charge in [-0.25, -0.2) is 0 Å². The molecule has 0 radical (unpaired) electrons. The largest absolute Gasteiger partial charge is 0.496 e. The van der Waals surface area contributed by atoms with E-state index in [1.165, 1.54) is 0 Å². The number of carbonyl (C=O) groups is 1. The molecule has 1 aliphatic rings. The van der Waals surface area contributed by atoms with E-state index in [1.807, 2.05) is 48.5 Å². The molecule has 0 bridgehead atoms. The number of methoxy groups -OCH3 is 3. The molecular formula is C25H22N2O5. The van der Waals surface area contributed by atoms with Gasteiger partial charge in [-0.15, -0.1) is 0 Å². The average molecular weight is 430 g/mol. The van der Waals surface area contributed by atoms with Gasteiger partial charge in [0.05, 0.1) is 32.9 Å². The summed E-state index contributed by atoms with van der Waals surface area (Å²) in [5, 5.41) is 3.87. The zero-order chi connectivity index (χ0) is 22.2. The normalized spacial score (nSPS) is 12.5. The molecule has 7 nitrogen and oxygen atoms in total. The molecule has 0 saturated carbocycles. The monoisotopic (exact) mass is 430 g/mol. The minimum Gasteiger partial charge on any atom is -0.496 e. The molecular weight excluding hydrogens is 408 g/mol. The Morgan fingerprint density at radius 2 is 1.50 bits per heavy atom. The summed E-state index contributed by atoms with van der Waals surface area (Å²) in [6.45, 7) is 0. The summed E-state index contributed by atoms with van der Waals surface area (Å²) >= 11 is 0. The number of aromatic nitrogens is 1. The number of nitrogens with one attached hydrogen (secondary N) is 2. The lowest BCUT2D eigenvalue weighted by Gasteiger charge is -2.28. The first-order valence-corrected chi connectivity index (χ1v) is 10.1. The number of para-hydroxylation sites is 2. The van der Waals surface area contributed by atoms with Crippen molar-refractivity contribution < 1.29 is 23.7 Å². The fourth-order valence-electron chi connectivity index (χ4n) is 4.13. The van der Waals surface area contributed by atoms with Crippen LogP contribution in [0.2, 0.25) is 0 Å². The zero-order valence-electron chi connectivity index (χ0n) is 17.9. The number of hydrogen-bond donors (Lipinski definition) is 2. The van der Waals surface area contributed by atoms with Gasteiger partial charge < -0.3 is 29.2 Å². The smallest absolute Gasteiger partial charge is 0.268 e. The van der Waals surface area contributed by atoms with Crippen molar-refractivity contribution >= 4 is 16.8 Å². The minimum atomic E-state index is -0.353. The number of carbonyl (C=O) groups excluding carboxylic acids is 1. The molecule has 0 fully saturated rings. The fraction of sp³-hybridized carbons (Fsp3) is 0.160. The van der Waals surface area contributed by atoms with Gasteiger partial charge in [-0.1, -0.05) is 36.4 Å². The van der Waals surface area contributed by atoms with E-state index in [-0.39, 0.29) is 11.9 Å². The molecule has 32 heavy (non-hydrogen) atoms. The molecule has 2 N–H and O–H groups in total. The van der Waals surface area contributed by atoms with Crippen LogP contribution in [0.15, 0.2) is 60.7 Å². The van der Waals surface area contributed by atoms with Crippen LogP contribution in [0.25, 0.3) is 10.9 Å². The summed E-state index contributed by atoms with van der Waals surface area (Å²) in [5.74, 6) is 2.78. The second kappa shape index (κ2) is 7.85. The summed E-state index contributed by atoms with van der Waals surface area (Å²) in [5.41, 5.74) is 2.80. The molecule has 7 heteroatoms. The minimum absolute atomic E-state index is 0.263. The highest BCUT2D eigenvalue weighted by atomic mass is 16.5. The Morgan fingerprint density at radius 3 is 2.09 bits per heavy atom. The molecule has 0 spiro atoms. The van der Waals surface area contributed by atoms with Crippen molar-refractivity contribution in [2.24, 2.45) is 0 Å². The van der Waals surface area contributed by atoms with Gasteiger partial charge in [0.2, 0.25) is 0 Å². The van der Waals surface area contributed by atoms with Crippen LogP contribution in [-0.4, -0.2) is 32.2 Å². The molecule has 162 valence electrons. The van der Waals surface area contributed by atoms with Crippen molar-refractivity contribution in [1.82, 2.24) is 10.3 Å². The zero-order valence-corrected chi connectivity index (χ0v) is 17.9. The SMILES string of the molecule is COc1cc(OC)c2cc(C(=O)NC3c4ccccc4Oc4ccccc43)[nH]c2c1OC. The van der Waals surface area contributed by atoms with Crippen molar-refractivity contribution in [3.63, 3.8) is 0 Å². The third-order valence-corrected chi connectivity index (χ3v) is 5.64. The Hall–Kier alpha value is -4.13. The number of aromatic amines is 1. The van der Waals surface area contributed by atoms with E-state index >= 15 is 0 Å². The summed E-state index contributed by atoms with van der Waals surface area (Å²) in [6.07, 6.45) is 0. The van der Waals surface area contributed by atoms with Crippen LogP contribution in [0.4, 0.5) is 0 Å². The molecule has 2 heterocycles. The van der Waals surface area contributed by atoms with Crippen LogP contribution >= 0.6 is 0 Å². The van der Waals surface area contributed by atoms with Crippen LogP contribution in [0, 0.1) is 0 Å². The van der Waals surface area contributed by atoms with Crippen molar-refractivity contribution in [2.75, 3.05) is 21.3 Å². The van der Waals surface area contributed by atoms with E-state index < -0.39 is 0 Å². The molecule has 3 aromatic carbocycles. The highest BCUT2D eigenvalue weighted by Gasteiger charge is 2.29. The molecule has 1 aromatic heterocycles. The molecule has 5 rings (SSSR count). The van der Waals surface area contributed by atoms with Crippen LogP contribution < -0.4 is 24.3 Å². The number of hydrogen-bond acceptors (Lipinski definition) is 5. The van der Waals surface area contributed by atoms with E-state index in [1.54, 1.807) is 33.5 Å².